The molecule has 0 atom stereocenters. The Bertz CT molecular complexity index is 225. The summed E-state index contributed by atoms with van der Waals surface area (Å²) in [4.78, 5) is 0. The van der Waals surface area contributed by atoms with E-state index in [-0.39, 0.29) is 5.41 Å². The Morgan fingerprint density at radius 2 is 1.94 bits per heavy atom. The van der Waals surface area contributed by atoms with E-state index in [1.165, 1.54) is 19.3 Å². The highest BCUT2D eigenvalue weighted by atomic mass is 16.4. The molecule has 17 heavy (non-hydrogen) atoms. The minimum atomic E-state index is -0.236. The van der Waals surface area contributed by atoms with Gasteiger partial charge in [-0.05, 0) is 31.8 Å². The summed E-state index contributed by atoms with van der Waals surface area (Å²) in [6, 6.07) is 0. The first kappa shape index (κ1) is 16.2. The normalized spacial score (nSPS) is 13.4. The van der Waals surface area contributed by atoms with Crippen LogP contribution in [0.4, 0.5) is 0 Å². The van der Waals surface area contributed by atoms with Gasteiger partial charge in [0.25, 0.3) is 0 Å². The second kappa shape index (κ2) is 8.34. The Kier molecular flexibility index (Phi) is 7.96. The Hall–Kier alpha value is -0.770. The number of nitrogens with zero attached hydrogens (tertiary/aromatic N) is 1. The molecule has 0 saturated carbocycles. The molecule has 4 nitrogen and oxygen atoms in total. The fraction of sp³-hybridized carbons (Fsp3) is 0.923. The molecule has 0 aromatic carbocycles. The van der Waals surface area contributed by atoms with Crippen molar-refractivity contribution >= 4 is 5.84 Å². The van der Waals surface area contributed by atoms with Crippen LogP contribution in [0.15, 0.2) is 5.16 Å². The Balaban J connectivity index is 3.52. The van der Waals surface area contributed by atoms with E-state index in [0.717, 1.165) is 25.4 Å². The summed E-state index contributed by atoms with van der Waals surface area (Å²) >= 11 is 0. The van der Waals surface area contributed by atoms with Crippen LogP contribution in [0, 0.1) is 11.3 Å². The maximum absolute atomic E-state index is 8.64. The summed E-state index contributed by atoms with van der Waals surface area (Å²) in [7, 11) is 0. The van der Waals surface area contributed by atoms with Crippen molar-refractivity contribution in [1.82, 2.24) is 5.32 Å². The van der Waals surface area contributed by atoms with Crippen LogP contribution in [0.1, 0.15) is 53.4 Å². The maximum Gasteiger partial charge on any atom is 0.144 e. The molecule has 0 radical (unpaired) electrons. The summed E-state index contributed by atoms with van der Waals surface area (Å²) in [5.41, 5.74) is 5.38. The topological polar surface area (TPSA) is 70.6 Å². The van der Waals surface area contributed by atoms with Gasteiger partial charge in [0.1, 0.15) is 5.84 Å². The van der Waals surface area contributed by atoms with Gasteiger partial charge in [-0.3, -0.25) is 0 Å². The molecule has 0 spiro atoms. The lowest BCUT2D eigenvalue weighted by molar-refractivity contribution is 0.305. The lowest BCUT2D eigenvalue weighted by Gasteiger charge is -2.22. The summed E-state index contributed by atoms with van der Waals surface area (Å²) < 4.78 is 0. The van der Waals surface area contributed by atoms with Gasteiger partial charge < -0.3 is 16.3 Å². The van der Waals surface area contributed by atoms with Gasteiger partial charge in [-0.15, -0.1) is 0 Å². The molecule has 0 aliphatic carbocycles. The predicted octanol–water partition coefficient (Wildman–Crippen LogP) is 2.56. The zero-order valence-electron chi connectivity index (χ0n) is 11.8. The molecule has 0 rings (SSSR count). The van der Waals surface area contributed by atoms with Crippen molar-refractivity contribution in [1.29, 1.82) is 0 Å². The van der Waals surface area contributed by atoms with Crippen LogP contribution in [0.2, 0.25) is 0 Å². The van der Waals surface area contributed by atoms with Gasteiger partial charge in [0.2, 0.25) is 0 Å². The highest BCUT2D eigenvalue weighted by Crippen LogP contribution is 2.19. The van der Waals surface area contributed by atoms with Crippen molar-refractivity contribution in [2.75, 3.05) is 13.1 Å². The number of nitrogens with two attached hydrogens (primary N) is 1. The Labute approximate surface area is 106 Å². The molecular formula is C13H29N3O. The van der Waals surface area contributed by atoms with Crippen molar-refractivity contribution in [3.05, 3.63) is 0 Å². The average Bonchev–Trinajstić information content (AvgIpc) is 2.26. The first-order valence-electron chi connectivity index (χ1n) is 6.59. The molecule has 0 aromatic rings. The van der Waals surface area contributed by atoms with Crippen LogP contribution in [-0.4, -0.2) is 24.1 Å². The summed E-state index contributed by atoms with van der Waals surface area (Å²) in [6.07, 6.45) is 4.70. The van der Waals surface area contributed by atoms with E-state index < -0.39 is 0 Å². The van der Waals surface area contributed by atoms with Crippen LogP contribution in [-0.2, 0) is 0 Å². The molecule has 0 aliphatic heterocycles. The largest absolute Gasteiger partial charge is 0.409 e. The number of oxime groups is 1. The van der Waals surface area contributed by atoms with Crippen molar-refractivity contribution in [3.63, 3.8) is 0 Å². The van der Waals surface area contributed by atoms with Crippen molar-refractivity contribution < 1.29 is 5.21 Å². The molecule has 0 fully saturated rings. The number of unbranched alkanes of at least 4 members (excludes halogenated alkanes) is 1. The SMILES string of the molecule is CC(C)CCCCNCCC(C)(C)C(N)=NO. The number of hydrogen-bond donors (Lipinski definition) is 3. The van der Waals surface area contributed by atoms with Gasteiger partial charge in [-0.1, -0.05) is 45.7 Å². The second-order valence-electron chi connectivity index (χ2n) is 5.76. The van der Waals surface area contributed by atoms with Gasteiger partial charge in [-0.25, -0.2) is 0 Å². The standard InChI is InChI=1S/C13H29N3O/c1-11(2)7-5-6-9-15-10-8-13(3,4)12(14)16-17/h11,15,17H,5-10H2,1-4H3,(H2,14,16). The molecule has 4 heteroatoms. The predicted molar refractivity (Wildman–Crippen MR) is 73.4 cm³/mol. The minimum absolute atomic E-state index is 0.236. The quantitative estimate of drug-likeness (QED) is 0.192. The zero-order valence-corrected chi connectivity index (χ0v) is 11.8. The van der Waals surface area contributed by atoms with Crippen LogP contribution in [0.3, 0.4) is 0 Å². The van der Waals surface area contributed by atoms with E-state index in [1.807, 2.05) is 13.8 Å². The molecule has 0 heterocycles. The molecule has 0 saturated heterocycles. The lowest BCUT2D eigenvalue weighted by atomic mass is 9.88. The van der Waals surface area contributed by atoms with Gasteiger partial charge in [0, 0.05) is 5.41 Å². The monoisotopic (exact) mass is 243 g/mol. The summed E-state index contributed by atoms with van der Waals surface area (Å²) in [5.74, 6) is 1.11. The number of rotatable bonds is 9. The molecule has 0 amide bonds. The van der Waals surface area contributed by atoms with Crippen molar-refractivity contribution in [3.8, 4) is 0 Å². The molecular weight excluding hydrogens is 214 g/mol. The van der Waals surface area contributed by atoms with Gasteiger partial charge in [0.05, 0.1) is 0 Å². The molecule has 0 bridgehead atoms. The van der Waals surface area contributed by atoms with Crippen molar-refractivity contribution in [2.24, 2.45) is 22.2 Å². The third-order valence-corrected chi connectivity index (χ3v) is 3.11. The van der Waals surface area contributed by atoms with Crippen LogP contribution >= 0.6 is 0 Å². The van der Waals surface area contributed by atoms with E-state index in [4.69, 9.17) is 10.9 Å². The van der Waals surface area contributed by atoms with E-state index in [1.54, 1.807) is 0 Å². The van der Waals surface area contributed by atoms with Crippen LogP contribution in [0.5, 0.6) is 0 Å². The minimum Gasteiger partial charge on any atom is -0.409 e. The van der Waals surface area contributed by atoms with E-state index >= 15 is 0 Å². The number of amidine groups is 1. The van der Waals surface area contributed by atoms with Crippen molar-refractivity contribution in [2.45, 2.75) is 53.4 Å². The first-order valence-corrected chi connectivity index (χ1v) is 6.59. The van der Waals surface area contributed by atoms with E-state index in [2.05, 4.69) is 24.3 Å². The van der Waals surface area contributed by atoms with E-state index in [0.29, 0.717) is 5.84 Å². The van der Waals surface area contributed by atoms with E-state index in [9.17, 15) is 0 Å². The van der Waals surface area contributed by atoms with Gasteiger partial charge in [0.15, 0.2) is 0 Å². The molecule has 102 valence electrons. The maximum atomic E-state index is 8.64. The van der Waals surface area contributed by atoms with Crippen LogP contribution < -0.4 is 11.1 Å². The molecule has 0 aliphatic rings. The highest BCUT2D eigenvalue weighted by molar-refractivity contribution is 5.85. The summed E-state index contributed by atoms with van der Waals surface area (Å²) in [6.45, 7) is 10.5. The number of nitrogens with one attached hydrogen (secondary N) is 1. The zero-order chi connectivity index (χ0) is 13.3. The third kappa shape index (κ3) is 8.02. The van der Waals surface area contributed by atoms with Gasteiger partial charge >= 0.3 is 0 Å². The summed E-state index contributed by atoms with van der Waals surface area (Å²) in [5, 5.41) is 15.1. The van der Waals surface area contributed by atoms with Crippen LogP contribution in [0.25, 0.3) is 0 Å². The second-order valence-corrected chi connectivity index (χ2v) is 5.76. The average molecular weight is 243 g/mol. The molecule has 0 unspecified atom stereocenters. The smallest absolute Gasteiger partial charge is 0.144 e. The number of hydrogen-bond acceptors (Lipinski definition) is 3. The Morgan fingerprint density at radius 3 is 2.47 bits per heavy atom. The first-order chi connectivity index (χ1) is 7.90. The van der Waals surface area contributed by atoms with Gasteiger partial charge in [-0.2, -0.15) is 0 Å². The molecule has 0 aromatic heterocycles. The fourth-order valence-corrected chi connectivity index (χ4v) is 1.59. The Morgan fingerprint density at radius 1 is 1.29 bits per heavy atom. The lowest BCUT2D eigenvalue weighted by Crippen LogP contribution is -2.35. The highest BCUT2D eigenvalue weighted by Gasteiger charge is 2.22. The fourth-order valence-electron chi connectivity index (χ4n) is 1.59. The molecule has 4 N–H and O–H groups in total. The third-order valence-electron chi connectivity index (χ3n) is 3.11.